The van der Waals surface area contributed by atoms with Crippen molar-refractivity contribution in [3.63, 3.8) is 0 Å². The molecule has 0 heterocycles. The van der Waals surface area contributed by atoms with Gasteiger partial charge in [-0.3, -0.25) is 4.79 Å². The first kappa shape index (κ1) is 14.9. The van der Waals surface area contributed by atoms with Crippen LogP contribution in [0.4, 0.5) is 11.4 Å². The molecule has 3 rings (SSSR count). The Hall–Kier alpha value is -1.03. The van der Waals surface area contributed by atoms with Crippen molar-refractivity contribution in [2.75, 3.05) is 11.1 Å². The highest BCUT2D eigenvalue weighted by atomic mass is 79.9. The van der Waals surface area contributed by atoms with Crippen LogP contribution in [0, 0.1) is 17.8 Å². The van der Waals surface area contributed by atoms with E-state index in [1.807, 2.05) is 18.2 Å². The molecular formula is C17H23BrN2O. The molecule has 3 unspecified atom stereocenters. The van der Waals surface area contributed by atoms with E-state index in [1.54, 1.807) is 0 Å². The summed E-state index contributed by atoms with van der Waals surface area (Å²) in [5.41, 5.74) is 7.25. The molecule has 0 spiro atoms. The van der Waals surface area contributed by atoms with E-state index in [2.05, 4.69) is 21.2 Å². The number of nitrogen functional groups attached to an aromatic ring is 1. The number of nitrogens with two attached hydrogens (primary N) is 1. The molecule has 0 aliphatic heterocycles. The first-order valence-corrected chi connectivity index (χ1v) is 8.78. The van der Waals surface area contributed by atoms with Gasteiger partial charge in [-0.2, -0.15) is 0 Å². The number of amides is 1. The quantitative estimate of drug-likeness (QED) is 0.767. The lowest BCUT2D eigenvalue weighted by Crippen LogP contribution is -2.33. The van der Waals surface area contributed by atoms with Crippen molar-refractivity contribution in [3.8, 4) is 0 Å². The Kier molecular flexibility index (Phi) is 4.53. The van der Waals surface area contributed by atoms with E-state index in [-0.39, 0.29) is 11.8 Å². The van der Waals surface area contributed by atoms with Crippen LogP contribution in [-0.4, -0.2) is 5.91 Å². The van der Waals surface area contributed by atoms with E-state index in [0.717, 1.165) is 34.8 Å². The van der Waals surface area contributed by atoms with Gasteiger partial charge in [0.05, 0.1) is 5.69 Å². The predicted molar refractivity (Wildman–Crippen MR) is 90.0 cm³/mol. The molecule has 2 fully saturated rings. The van der Waals surface area contributed by atoms with Gasteiger partial charge >= 0.3 is 0 Å². The van der Waals surface area contributed by atoms with Gasteiger partial charge in [-0.15, -0.1) is 0 Å². The van der Waals surface area contributed by atoms with Crippen LogP contribution < -0.4 is 11.1 Å². The van der Waals surface area contributed by atoms with Crippen LogP contribution >= 0.6 is 15.9 Å². The van der Waals surface area contributed by atoms with E-state index in [9.17, 15) is 4.79 Å². The molecule has 21 heavy (non-hydrogen) atoms. The number of fused-ring (bicyclic) bond motifs is 1. The summed E-state index contributed by atoms with van der Waals surface area (Å²) in [5, 5.41) is 3.06. The largest absolute Gasteiger partial charge is 0.399 e. The van der Waals surface area contributed by atoms with Crippen LogP contribution in [0.25, 0.3) is 0 Å². The fourth-order valence-electron chi connectivity index (χ4n) is 3.98. The van der Waals surface area contributed by atoms with Crippen molar-refractivity contribution in [1.29, 1.82) is 0 Å². The smallest absolute Gasteiger partial charge is 0.227 e. The lowest BCUT2D eigenvalue weighted by Gasteiger charge is -2.38. The summed E-state index contributed by atoms with van der Waals surface area (Å²) in [6.07, 6.45) is 8.77. The topological polar surface area (TPSA) is 55.1 Å². The fraction of sp³-hybridized carbons (Fsp3) is 0.588. The molecule has 1 amide bonds. The molecule has 4 heteroatoms. The molecule has 3 nitrogen and oxygen atoms in total. The highest BCUT2D eigenvalue weighted by molar-refractivity contribution is 9.10. The minimum atomic E-state index is 0.171. The average Bonchev–Trinajstić information content (AvgIpc) is 2.49. The van der Waals surface area contributed by atoms with Crippen LogP contribution in [0.1, 0.15) is 44.9 Å². The molecule has 3 atom stereocenters. The molecule has 3 N–H and O–H groups in total. The number of hydrogen-bond acceptors (Lipinski definition) is 2. The number of carbonyl (C=O) groups is 1. The zero-order valence-electron chi connectivity index (χ0n) is 12.3. The van der Waals surface area contributed by atoms with Gasteiger partial charge < -0.3 is 11.1 Å². The van der Waals surface area contributed by atoms with Crippen molar-refractivity contribution in [1.82, 2.24) is 0 Å². The van der Waals surface area contributed by atoms with Crippen LogP contribution in [0.2, 0.25) is 0 Å². The van der Waals surface area contributed by atoms with Crippen molar-refractivity contribution in [2.24, 2.45) is 17.8 Å². The monoisotopic (exact) mass is 350 g/mol. The van der Waals surface area contributed by atoms with Gasteiger partial charge in [-0.05, 0) is 65.2 Å². The third-order valence-corrected chi connectivity index (χ3v) is 5.82. The van der Waals surface area contributed by atoms with Gasteiger partial charge in [0.2, 0.25) is 5.91 Å². The average molecular weight is 351 g/mol. The summed E-state index contributed by atoms with van der Waals surface area (Å²) in [6.45, 7) is 0. The molecule has 0 saturated heterocycles. The predicted octanol–water partition coefficient (Wildman–Crippen LogP) is 4.58. The van der Waals surface area contributed by atoms with Crippen molar-refractivity contribution in [3.05, 3.63) is 22.7 Å². The molecular weight excluding hydrogens is 328 g/mol. The molecule has 2 saturated carbocycles. The summed E-state index contributed by atoms with van der Waals surface area (Å²) in [7, 11) is 0. The van der Waals surface area contributed by atoms with E-state index in [4.69, 9.17) is 5.73 Å². The Morgan fingerprint density at radius 2 is 1.90 bits per heavy atom. The minimum absolute atomic E-state index is 0.171. The first-order chi connectivity index (χ1) is 10.1. The third-order valence-electron chi connectivity index (χ3n) is 5.16. The number of nitrogens with one attached hydrogen (secondary N) is 1. The van der Waals surface area contributed by atoms with Crippen LogP contribution in [0.5, 0.6) is 0 Å². The van der Waals surface area contributed by atoms with Gasteiger partial charge in [0.15, 0.2) is 0 Å². The Balaban J connectivity index is 1.63. The molecule has 1 aromatic carbocycles. The van der Waals surface area contributed by atoms with Gasteiger partial charge in [0.1, 0.15) is 0 Å². The van der Waals surface area contributed by atoms with Crippen molar-refractivity contribution < 1.29 is 4.79 Å². The summed E-state index contributed by atoms with van der Waals surface area (Å²) in [5.74, 6) is 2.00. The zero-order valence-corrected chi connectivity index (χ0v) is 13.9. The maximum atomic E-state index is 12.5. The van der Waals surface area contributed by atoms with Crippen molar-refractivity contribution in [2.45, 2.75) is 44.9 Å². The van der Waals surface area contributed by atoms with E-state index in [1.165, 1.54) is 32.1 Å². The Labute approximate surface area is 134 Å². The molecule has 2 aliphatic rings. The minimum Gasteiger partial charge on any atom is -0.399 e. The second-order valence-electron chi connectivity index (χ2n) is 6.54. The summed E-state index contributed by atoms with van der Waals surface area (Å²) in [6, 6.07) is 5.51. The Morgan fingerprint density at radius 3 is 2.67 bits per heavy atom. The maximum absolute atomic E-state index is 12.5. The molecule has 2 aliphatic carbocycles. The SMILES string of the molecule is Nc1ccc(NC(=O)C2CCC3CCCCC3C2)c(Br)c1. The molecule has 1 aromatic rings. The number of rotatable bonds is 2. The Morgan fingerprint density at radius 1 is 1.14 bits per heavy atom. The summed E-state index contributed by atoms with van der Waals surface area (Å²) in [4.78, 5) is 12.5. The first-order valence-electron chi connectivity index (χ1n) is 7.99. The second kappa shape index (κ2) is 6.39. The highest BCUT2D eigenvalue weighted by Crippen LogP contribution is 2.43. The number of benzene rings is 1. The number of anilines is 2. The third kappa shape index (κ3) is 3.42. The number of carbonyl (C=O) groups excluding carboxylic acids is 1. The van der Waals surface area contributed by atoms with E-state index < -0.39 is 0 Å². The summed E-state index contributed by atoms with van der Waals surface area (Å²) >= 11 is 3.46. The van der Waals surface area contributed by atoms with Crippen molar-refractivity contribution >= 4 is 33.2 Å². The summed E-state index contributed by atoms with van der Waals surface area (Å²) < 4.78 is 0.849. The van der Waals surface area contributed by atoms with Gasteiger partial charge in [-0.25, -0.2) is 0 Å². The maximum Gasteiger partial charge on any atom is 0.227 e. The van der Waals surface area contributed by atoms with E-state index in [0.29, 0.717) is 5.69 Å². The van der Waals surface area contributed by atoms with Gasteiger partial charge in [0.25, 0.3) is 0 Å². The molecule has 0 aromatic heterocycles. The number of hydrogen-bond donors (Lipinski definition) is 2. The fourth-order valence-corrected chi connectivity index (χ4v) is 4.47. The van der Waals surface area contributed by atoms with Crippen LogP contribution in [0.3, 0.4) is 0 Å². The van der Waals surface area contributed by atoms with Gasteiger partial charge in [-0.1, -0.05) is 25.7 Å². The van der Waals surface area contributed by atoms with Crippen LogP contribution in [0.15, 0.2) is 22.7 Å². The van der Waals surface area contributed by atoms with Gasteiger partial charge in [0, 0.05) is 16.1 Å². The Bertz CT molecular complexity index is 532. The van der Waals surface area contributed by atoms with Crippen LogP contribution in [-0.2, 0) is 4.79 Å². The molecule has 114 valence electrons. The van der Waals surface area contributed by atoms with E-state index >= 15 is 0 Å². The standard InChI is InChI=1S/C17H23BrN2O/c18-15-10-14(19)7-8-16(15)20-17(21)13-6-5-11-3-1-2-4-12(11)9-13/h7-8,10-13H,1-6,9,19H2,(H,20,21). The zero-order chi connectivity index (χ0) is 14.8. The lowest BCUT2D eigenvalue weighted by atomic mass is 9.67. The molecule has 0 bridgehead atoms. The molecule has 0 radical (unpaired) electrons. The normalized spacial score (nSPS) is 28.7. The highest BCUT2D eigenvalue weighted by Gasteiger charge is 2.35. The number of halogens is 1. The lowest BCUT2D eigenvalue weighted by molar-refractivity contribution is -0.122. The second-order valence-corrected chi connectivity index (χ2v) is 7.40.